The number of nitrogens with two attached hydrogens (primary N) is 1. The molecule has 3 nitrogen and oxygen atoms in total. The highest BCUT2D eigenvalue weighted by Crippen LogP contribution is 2.29. The standard InChI is InChI=1S/C10H14N2OS/c1-6-5-7(6)12-10(13)9(11)8-3-2-4-14-8/h2-4,6-7,9H,5,11H2,1H3,(H,12,13). The lowest BCUT2D eigenvalue weighted by atomic mass is 10.2. The molecule has 1 amide bonds. The van der Waals surface area contributed by atoms with Crippen molar-refractivity contribution in [2.75, 3.05) is 0 Å². The molecule has 1 heterocycles. The molecule has 1 aromatic heterocycles. The topological polar surface area (TPSA) is 55.1 Å². The number of carbonyl (C=O) groups excluding carboxylic acids is 1. The summed E-state index contributed by atoms with van der Waals surface area (Å²) in [5.74, 6) is 0.566. The average Bonchev–Trinajstić information content (AvgIpc) is 2.72. The van der Waals surface area contributed by atoms with Gasteiger partial charge in [-0.3, -0.25) is 4.79 Å². The zero-order chi connectivity index (χ0) is 10.1. The molecule has 14 heavy (non-hydrogen) atoms. The van der Waals surface area contributed by atoms with Gasteiger partial charge in [-0.05, 0) is 23.8 Å². The van der Waals surface area contributed by atoms with Crippen molar-refractivity contribution in [1.29, 1.82) is 0 Å². The first-order valence-electron chi connectivity index (χ1n) is 4.78. The maximum atomic E-state index is 11.6. The van der Waals surface area contributed by atoms with Crippen molar-refractivity contribution in [3.05, 3.63) is 22.4 Å². The van der Waals surface area contributed by atoms with Gasteiger partial charge >= 0.3 is 0 Å². The van der Waals surface area contributed by atoms with Crippen LogP contribution < -0.4 is 11.1 Å². The maximum absolute atomic E-state index is 11.6. The third-order valence-electron chi connectivity index (χ3n) is 2.57. The van der Waals surface area contributed by atoms with E-state index in [-0.39, 0.29) is 5.91 Å². The minimum atomic E-state index is -0.497. The van der Waals surface area contributed by atoms with Crippen LogP contribution in [0.3, 0.4) is 0 Å². The predicted octanol–water partition coefficient (Wildman–Crippen LogP) is 1.27. The zero-order valence-corrected chi connectivity index (χ0v) is 8.88. The van der Waals surface area contributed by atoms with Crippen LogP contribution in [0.4, 0.5) is 0 Å². The highest BCUT2D eigenvalue weighted by molar-refractivity contribution is 7.10. The van der Waals surface area contributed by atoms with Crippen molar-refractivity contribution in [3.8, 4) is 0 Å². The molecule has 4 heteroatoms. The monoisotopic (exact) mass is 210 g/mol. The Morgan fingerprint density at radius 1 is 1.79 bits per heavy atom. The molecule has 1 saturated carbocycles. The summed E-state index contributed by atoms with van der Waals surface area (Å²) in [6, 6.07) is 3.66. The second-order valence-corrected chi connectivity index (χ2v) is 4.80. The Bertz CT molecular complexity index is 323. The Hall–Kier alpha value is -0.870. The first-order chi connectivity index (χ1) is 6.68. The van der Waals surface area contributed by atoms with Gasteiger partial charge in [0.15, 0.2) is 0 Å². The maximum Gasteiger partial charge on any atom is 0.242 e. The molecule has 3 atom stereocenters. The first kappa shape index (κ1) is 9.68. The van der Waals surface area contributed by atoms with E-state index < -0.39 is 6.04 Å². The molecule has 3 N–H and O–H groups in total. The van der Waals surface area contributed by atoms with E-state index in [0.717, 1.165) is 11.3 Å². The van der Waals surface area contributed by atoms with Gasteiger partial charge in [0, 0.05) is 10.9 Å². The fraction of sp³-hybridized carbons (Fsp3) is 0.500. The van der Waals surface area contributed by atoms with Gasteiger partial charge < -0.3 is 11.1 Å². The molecule has 0 radical (unpaired) electrons. The minimum Gasteiger partial charge on any atom is -0.351 e. The van der Waals surface area contributed by atoms with E-state index in [2.05, 4.69) is 12.2 Å². The van der Waals surface area contributed by atoms with Crippen molar-refractivity contribution in [1.82, 2.24) is 5.32 Å². The second kappa shape index (κ2) is 3.71. The highest BCUT2D eigenvalue weighted by atomic mass is 32.1. The highest BCUT2D eigenvalue weighted by Gasteiger charge is 2.35. The number of nitrogens with one attached hydrogen (secondary N) is 1. The molecule has 0 spiro atoms. The lowest BCUT2D eigenvalue weighted by Crippen LogP contribution is -2.35. The summed E-state index contributed by atoms with van der Waals surface area (Å²) in [4.78, 5) is 12.5. The van der Waals surface area contributed by atoms with Crippen LogP contribution in [0.15, 0.2) is 17.5 Å². The van der Waals surface area contributed by atoms with Gasteiger partial charge in [-0.2, -0.15) is 0 Å². The number of hydrogen-bond donors (Lipinski definition) is 2. The molecular weight excluding hydrogens is 196 g/mol. The van der Waals surface area contributed by atoms with Gasteiger partial charge in [-0.25, -0.2) is 0 Å². The Kier molecular flexibility index (Phi) is 2.56. The van der Waals surface area contributed by atoms with Crippen LogP contribution in [0.1, 0.15) is 24.3 Å². The van der Waals surface area contributed by atoms with Gasteiger partial charge in [-0.1, -0.05) is 13.0 Å². The molecule has 0 saturated heterocycles. The third-order valence-corrected chi connectivity index (χ3v) is 3.52. The summed E-state index contributed by atoms with van der Waals surface area (Å²) >= 11 is 1.52. The van der Waals surface area contributed by atoms with Crippen molar-refractivity contribution >= 4 is 17.2 Å². The number of carbonyl (C=O) groups is 1. The Balaban J connectivity index is 1.91. The Morgan fingerprint density at radius 2 is 2.50 bits per heavy atom. The van der Waals surface area contributed by atoms with E-state index in [1.807, 2.05) is 17.5 Å². The lowest BCUT2D eigenvalue weighted by molar-refractivity contribution is -0.122. The predicted molar refractivity (Wildman–Crippen MR) is 57.0 cm³/mol. The normalized spacial score (nSPS) is 27.0. The third kappa shape index (κ3) is 1.96. The molecule has 0 bridgehead atoms. The van der Waals surface area contributed by atoms with Crippen LogP contribution in [0.25, 0.3) is 0 Å². The van der Waals surface area contributed by atoms with E-state index in [0.29, 0.717) is 12.0 Å². The minimum absolute atomic E-state index is 0.0539. The Labute approximate surface area is 87.3 Å². The zero-order valence-electron chi connectivity index (χ0n) is 8.07. The largest absolute Gasteiger partial charge is 0.351 e. The molecule has 1 aliphatic carbocycles. The fourth-order valence-electron chi connectivity index (χ4n) is 1.39. The van der Waals surface area contributed by atoms with Gasteiger partial charge in [0.1, 0.15) is 6.04 Å². The summed E-state index contributed by atoms with van der Waals surface area (Å²) in [5.41, 5.74) is 5.80. The van der Waals surface area contributed by atoms with Crippen LogP contribution in [0.5, 0.6) is 0 Å². The molecule has 0 aliphatic heterocycles. The van der Waals surface area contributed by atoms with Crippen LogP contribution in [0, 0.1) is 5.92 Å². The number of amides is 1. The molecule has 3 unspecified atom stereocenters. The molecule has 1 aliphatic rings. The smallest absolute Gasteiger partial charge is 0.242 e. The first-order valence-corrected chi connectivity index (χ1v) is 5.66. The van der Waals surface area contributed by atoms with E-state index >= 15 is 0 Å². The van der Waals surface area contributed by atoms with Gasteiger partial charge in [0.05, 0.1) is 0 Å². The summed E-state index contributed by atoms with van der Waals surface area (Å²) in [6.07, 6.45) is 1.09. The number of thiophene rings is 1. The number of rotatable bonds is 3. The molecule has 0 aromatic carbocycles. The van der Waals surface area contributed by atoms with E-state index in [4.69, 9.17) is 5.73 Å². The lowest BCUT2D eigenvalue weighted by Gasteiger charge is -2.09. The van der Waals surface area contributed by atoms with E-state index in [1.54, 1.807) is 0 Å². The van der Waals surface area contributed by atoms with Crippen LogP contribution in [-0.4, -0.2) is 11.9 Å². The van der Waals surface area contributed by atoms with Crippen molar-refractivity contribution in [2.24, 2.45) is 11.7 Å². The SMILES string of the molecule is CC1CC1NC(=O)C(N)c1cccs1. The van der Waals surface area contributed by atoms with Gasteiger partial charge in [-0.15, -0.1) is 11.3 Å². The molecule has 76 valence electrons. The summed E-state index contributed by atoms with van der Waals surface area (Å²) in [7, 11) is 0. The van der Waals surface area contributed by atoms with Crippen LogP contribution in [0.2, 0.25) is 0 Å². The molecule has 1 fully saturated rings. The molecule has 2 rings (SSSR count). The van der Waals surface area contributed by atoms with Gasteiger partial charge in [0.25, 0.3) is 0 Å². The number of hydrogen-bond acceptors (Lipinski definition) is 3. The van der Waals surface area contributed by atoms with Crippen LogP contribution in [-0.2, 0) is 4.79 Å². The molecular formula is C10H14N2OS. The van der Waals surface area contributed by atoms with Crippen molar-refractivity contribution < 1.29 is 4.79 Å². The average molecular weight is 210 g/mol. The summed E-state index contributed by atoms with van der Waals surface area (Å²) < 4.78 is 0. The second-order valence-electron chi connectivity index (χ2n) is 3.82. The van der Waals surface area contributed by atoms with Gasteiger partial charge in [0.2, 0.25) is 5.91 Å². The quantitative estimate of drug-likeness (QED) is 0.789. The van der Waals surface area contributed by atoms with E-state index in [9.17, 15) is 4.79 Å². The summed E-state index contributed by atoms with van der Waals surface area (Å²) in [6.45, 7) is 2.13. The molecule has 1 aromatic rings. The van der Waals surface area contributed by atoms with Crippen molar-refractivity contribution in [2.45, 2.75) is 25.4 Å². The van der Waals surface area contributed by atoms with Crippen LogP contribution >= 0.6 is 11.3 Å². The van der Waals surface area contributed by atoms with Crippen molar-refractivity contribution in [3.63, 3.8) is 0 Å². The van der Waals surface area contributed by atoms with E-state index in [1.165, 1.54) is 11.3 Å². The Morgan fingerprint density at radius 3 is 3.00 bits per heavy atom. The fourth-order valence-corrected chi connectivity index (χ4v) is 2.12. The summed E-state index contributed by atoms with van der Waals surface area (Å²) in [5, 5.41) is 4.87.